The van der Waals surface area contributed by atoms with Crippen LogP contribution in [0.3, 0.4) is 0 Å². The van der Waals surface area contributed by atoms with E-state index < -0.39 is 42.5 Å². The molecule has 11 heteroatoms. The predicted molar refractivity (Wildman–Crippen MR) is 122 cm³/mol. The van der Waals surface area contributed by atoms with Crippen molar-refractivity contribution in [1.82, 2.24) is 20.2 Å². The number of methoxy groups -OCH3 is 1. The Morgan fingerprint density at radius 3 is 2.49 bits per heavy atom. The van der Waals surface area contributed by atoms with Crippen LogP contribution >= 0.6 is 0 Å². The number of hydrogen-bond donors (Lipinski definition) is 1. The van der Waals surface area contributed by atoms with Crippen LogP contribution in [0.25, 0.3) is 11.1 Å². The third-order valence-corrected chi connectivity index (χ3v) is 5.26. The van der Waals surface area contributed by atoms with Crippen molar-refractivity contribution in [2.24, 2.45) is 0 Å². The van der Waals surface area contributed by atoms with Gasteiger partial charge in [-0.3, -0.25) is 19.7 Å². The molecule has 1 aliphatic heterocycles. The summed E-state index contributed by atoms with van der Waals surface area (Å²) >= 11 is 0. The van der Waals surface area contributed by atoms with E-state index in [0.29, 0.717) is 16.8 Å². The van der Waals surface area contributed by atoms with E-state index in [9.17, 15) is 23.2 Å². The molecule has 2 atom stereocenters. The van der Waals surface area contributed by atoms with Gasteiger partial charge in [-0.1, -0.05) is 6.07 Å². The van der Waals surface area contributed by atoms with E-state index in [4.69, 9.17) is 9.47 Å². The molecule has 1 N–H and O–H groups in total. The van der Waals surface area contributed by atoms with Gasteiger partial charge in [0, 0.05) is 29.9 Å². The van der Waals surface area contributed by atoms with Gasteiger partial charge >= 0.3 is 12.1 Å². The molecule has 2 aromatic rings. The molecule has 0 bridgehead atoms. The van der Waals surface area contributed by atoms with Crippen LogP contribution in [0, 0.1) is 0 Å². The summed E-state index contributed by atoms with van der Waals surface area (Å²) < 4.78 is 37.0. The number of rotatable bonds is 6. The van der Waals surface area contributed by atoms with Crippen LogP contribution in [-0.2, 0) is 27.5 Å². The van der Waals surface area contributed by atoms with Crippen molar-refractivity contribution in [1.29, 1.82) is 0 Å². The zero-order valence-corrected chi connectivity index (χ0v) is 20.0. The minimum absolute atomic E-state index is 0.0428. The molecule has 0 radical (unpaired) electrons. The fourth-order valence-electron chi connectivity index (χ4n) is 3.62. The fourth-order valence-corrected chi connectivity index (χ4v) is 3.62. The first-order chi connectivity index (χ1) is 16.5. The number of nitrogens with one attached hydrogen (secondary N) is 1. The molecule has 1 saturated heterocycles. The average molecular weight is 491 g/mol. The van der Waals surface area contributed by atoms with Crippen molar-refractivity contribution in [2.45, 2.75) is 58.2 Å². The van der Waals surface area contributed by atoms with Gasteiger partial charge in [0.2, 0.25) is 5.91 Å². The van der Waals surface area contributed by atoms with Gasteiger partial charge in [-0.25, -0.2) is 18.4 Å². The third-order valence-electron chi connectivity index (χ3n) is 5.26. The Morgan fingerprint density at radius 1 is 1.17 bits per heavy atom. The highest BCUT2D eigenvalue weighted by Crippen LogP contribution is 2.26. The summed E-state index contributed by atoms with van der Waals surface area (Å²) in [6.07, 6.45) is 0.494. The number of carbonyl (C=O) groups excluding carboxylic acids is 3. The lowest BCUT2D eigenvalue weighted by Crippen LogP contribution is -2.47. The number of amides is 2. The van der Waals surface area contributed by atoms with Gasteiger partial charge in [0.25, 0.3) is 0 Å². The Hall–Kier alpha value is -3.63. The second kappa shape index (κ2) is 10.7. The molecular formula is C24H28F2N4O5. The summed E-state index contributed by atoms with van der Waals surface area (Å²) in [5, 5.41) is 2.67. The highest BCUT2D eigenvalue weighted by atomic mass is 19.1. The lowest BCUT2D eigenvalue weighted by atomic mass is 10.0. The molecule has 1 fully saturated rings. The average Bonchev–Trinajstić information content (AvgIpc) is 3.23. The molecule has 0 unspecified atom stereocenters. The molecule has 0 aliphatic carbocycles. The van der Waals surface area contributed by atoms with Crippen molar-refractivity contribution in [3.63, 3.8) is 0 Å². The number of esters is 1. The Bertz CT molecular complexity index is 1090. The molecule has 3 rings (SSSR count). The number of halogens is 2. The minimum atomic E-state index is -1.35. The maximum atomic E-state index is 14.1. The molecule has 2 aromatic heterocycles. The lowest BCUT2D eigenvalue weighted by Gasteiger charge is -2.27. The topological polar surface area (TPSA) is 111 Å². The van der Waals surface area contributed by atoms with Crippen molar-refractivity contribution in [3.8, 4) is 11.1 Å². The molecule has 0 spiro atoms. The van der Waals surface area contributed by atoms with Gasteiger partial charge in [-0.2, -0.15) is 0 Å². The molecule has 1 aliphatic rings. The molecule has 35 heavy (non-hydrogen) atoms. The maximum absolute atomic E-state index is 14.1. The standard InChI is InChI=1S/C24H28F2N4O5/c1-24(2,3)35-23(33)30-13-15(26)7-20(30)21(31)29-11-17-8-18(19(12-28-17)22(32)34-4)14-5-6-16(9-25)27-10-14/h5-6,8,10,12,15,20H,7,9,11,13H2,1-4H3,(H,29,31)/t15-,20+/m1/s1. The van der Waals surface area contributed by atoms with Gasteiger partial charge in [0.05, 0.1) is 37.2 Å². The number of carbonyl (C=O) groups is 3. The van der Waals surface area contributed by atoms with Crippen molar-refractivity contribution in [3.05, 3.63) is 47.5 Å². The summed E-state index contributed by atoms with van der Waals surface area (Å²) in [6, 6.07) is 3.67. The number of aromatic nitrogens is 2. The normalized spacial score (nSPS) is 17.7. The van der Waals surface area contributed by atoms with Crippen LogP contribution < -0.4 is 5.32 Å². The van der Waals surface area contributed by atoms with E-state index in [1.807, 2.05) is 0 Å². The number of hydrogen-bond acceptors (Lipinski definition) is 7. The SMILES string of the molecule is COC(=O)c1cnc(CNC(=O)[C@@H]2C[C@@H](F)CN2C(=O)OC(C)(C)C)cc1-c1ccc(CF)nc1. The number of nitrogens with zero attached hydrogens (tertiary/aromatic N) is 3. The molecule has 2 amide bonds. The number of likely N-dealkylation sites (tertiary alicyclic amines) is 1. The van der Waals surface area contributed by atoms with Crippen molar-refractivity contribution in [2.75, 3.05) is 13.7 Å². The van der Waals surface area contributed by atoms with Crippen LogP contribution in [-0.4, -0.2) is 64.3 Å². The number of pyridine rings is 2. The predicted octanol–water partition coefficient (Wildman–Crippen LogP) is 3.36. The van der Waals surface area contributed by atoms with Gasteiger partial charge in [-0.15, -0.1) is 0 Å². The monoisotopic (exact) mass is 490 g/mol. The first-order valence-corrected chi connectivity index (χ1v) is 11.0. The molecule has 9 nitrogen and oxygen atoms in total. The minimum Gasteiger partial charge on any atom is -0.465 e. The third kappa shape index (κ3) is 6.49. The largest absolute Gasteiger partial charge is 0.465 e. The zero-order chi connectivity index (χ0) is 25.8. The number of alkyl halides is 2. The van der Waals surface area contributed by atoms with E-state index >= 15 is 0 Å². The summed E-state index contributed by atoms with van der Waals surface area (Å²) in [5.41, 5.74) is 0.996. The summed E-state index contributed by atoms with van der Waals surface area (Å²) in [6.45, 7) is 4.06. The Balaban J connectivity index is 1.77. The molecular weight excluding hydrogens is 462 g/mol. The zero-order valence-electron chi connectivity index (χ0n) is 20.0. The first kappa shape index (κ1) is 26.0. The van der Waals surface area contributed by atoms with Crippen molar-refractivity contribution >= 4 is 18.0 Å². The van der Waals surface area contributed by atoms with Crippen LogP contribution in [0.2, 0.25) is 0 Å². The molecule has 3 heterocycles. The van der Waals surface area contributed by atoms with Crippen LogP contribution in [0.5, 0.6) is 0 Å². The fraction of sp³-hybridized carbons (Fsp3) is 0.458. The molecule has 0 saturated carbocycles. The summed E-state index contributed by atoms with van der Waals surface area (Å²) in [4.78, 5) is 46.8. The summed E-state index contributed by atoms with van der Waals surface area (Å²) in [7, 11) is 1.24. The van der Waals surface area contributed by atoms with Gasteiger partial charge in [0.1, 0.15) is 24.5 Å². The first-order valence-electron chi connectivity index (χ1n) is 11.0. The molecule has 188 valence electrons. The Labute approximate surface area is 201 Å². The van der Waals surface area contributed by atoms with Crippen LogP contribution in [0.1, 0.15) is 48.9 Å². The van der Waals surface area contributed by atoms with Gasteiger partial charge in [0.15, 0.2) is 0 Å². The second-order valence-corrected chi connectivity index (χ2v) is 9.08. The number of ether oxygens (including phenoxy) is 2. The van der Waals surface area contributed by atoms with E-state index in [-0.39, 0.29) is 30.8 Å². The van der Waals surface area contributed by atoms with Crippen molar-refractivity contribution < 1.29 is 32.6 Å². The van der Waals surface area contributed by atoms with Gasteiger partial charge in [-0.05, 0) is 32.9 Å². The van der Waals surface area contributed by atoms with E-state index in [1.165, 1.54) is 25.6 Å². The highest BCUT2D eigenvalue weighted by Gasteiger charge is 2.41. The lowest BCUT2D eigenvalue weighted by molar-refractivity contribution is -0.125. The highest BCUT2D eigenvalue weighted by molar-refractivity contribution is 5.97. The van der Waals surface area contributed by atoms with Crippen LogP contribution in [0.15, 0.2) is 30.6 Å². The van der Waals surface area contributed by atoms with Gasteiger partial charge < -0.3 is 14.8 Å². The van der Waals surface area contributed by atoms with Crippen LogP contribution in [0.4, 0.5) is 13.6 Å². The summed E-state index contributed by atoms with van der Waals surface area (Å²) in [5.74, 6) is -1.17. The Kier molecular flexibility index (Phi) is 7.98. The quantitative estimate of drug-likeness (QED) is 0.618. The van der Waals surface area contributed by atoms with E-state index in [0.717, 1.165) is 4.90 Å². The van der Waals surface area contributed by atoms with E-state index in [1.54, 1.807) is 32.9 Å². The maximum Gasteiger partial charge on any atom is 0.411 e. The smallest absolute Gasteiger partial charge is 0.411 e. The Morgan fingerprint density at radius 2 is 1.89 bits per heavy atom. The van der Waals surface area contributed by atoms with E-state index in [2.05, 4.69) is 15.3 Å². The second-order valence-electron chi connectivity index (χ2n) is 9.08. The molecule has 0 aromatic carbocycles.